The molecule has 0 fully saturated rings. The number of pyridine rings is 1. The number of nitriles is 1. The first-order valence-corrected chi connectivity index (χ1v) is 4.37. The molecule has 14 heavy (non-hydrogen) atoms. The van der Waals surface area contributed by atoms with Crippen LogP contribution in [0.15, 0.2) is 24.5 Å². The molecule has 1 atom stereocenters. The molecule has 2 rings (SSSR count). The van der Waals surface area contributed by atoms with Crippen molar-refractivity contribution in [2.45, 2.75) is 12.5 Å². The van der Waals surface area contributed by atoms with Crippen LogP contribution in [0.4, 0.5) is 0 Å². The zero-order valence-corrected chi connectivity index (χ0v) is 7.57. The summed E-state index contributed by atoms with van der Waals surface area (Å²) in [6.45, 7) is 0. The van der Waals surface area contributed by atoms with Crippen LogP contribution in [0.25, 0.3) is 10.9 Å². The van der Waals surface area contributed by atoms with Gasteiger partial charge in [-0.05, 0) is 12.1 Å². The van der Waals surface area contributed by atoms with E-state index in [-0.39, 0.29) is 12.5 Å². The predicted octanol–water partition coefficient (Wildman–Crippen LogP) is 1.48. The van der Waals surface area contributed by atoms with E-state index in [1.165, 1.54) is 0 Å². The lowest BCUT2D eigenvalue weighted by Crippen LogP contribution is -2.11. The Labute approximate surface area is 81.4 Å². The normalized spacial score (nSPS) is 12.6. The van der Waals surface area contributed by atoms with Crippen LogP contribution >= 0.6 is 0 Å². The van der Waals surface area contributed by atoms with Crippen LogP contribution < -0.4 is 5.73 Å². The molecule has 0 aliphatic rings. The van der Waals surface area contributed by atoms with Gasteiger partial charge in [0, 0.05) is 23.3 Å². The quantitative estimate of drug-likeness (QED) is 0.745. The van der Waals surface area contributed by atoms with E-state index in [1.54, 1.807) is 6.20 Å². The molecule has 0 aromatic carbocycles. The van der Waals surface area contributed by atoms with Crippen molar-refractivity contribution in [2.75, 3.05) is 0 Å². The largest absolute Gasteiger partial charge is 0.361 e. The molecule has 2 heterocycles. The first-order chi connectivity index (χ1) is 6.83. The van der Waals surface area contributed by atoms with E-state index in [2.05, 4.69) is 9.97 Å². The molecule has 0 aliphatic heterocycles. The second-order valence-corrected chi connectivity index (χ2v) is 3.10. The van der Waals surface area contributed by atoms with E-state index >= 15 is 0 Å². The summed E-state index contributed by atoms with van der Waals surface area (Å²) in [4.78, 5) is 7.28. The molecule has 0 bridgehead atoms. The van der Waals surface area contributed by atoms with Crippen LogP contribution in [0.2, 0.25) is 0 Å². The fraction of sp³-hybridized carbons (Fsp3) is 0.200. The number of aromatic nitrogens is 2. The zero-order valence-electron chi connectivity index (χ0n) is 7.57. The number of hydrogen-bond acceptors (Lipinski definition) is 3. The van der Waals surface area contributed by atoms with Crippen molar-refractivity contribution >= 4 is 10.9 Å². The highest BCUT2D eigenvalue weighted by molar-refractivity contribution is 5.81. The summed E-state index contributed by atoms with van der Waals surface area (Å²) >= 11 is 0. The summed E-state index contributed by atoms with van der Waals surface area (Å²) in [5, 5.41) is 9.55. The Kier molecular flexibility index (Phi) is 2.17. The molecule has 0 radical (unpaired) electrons. The van der Waals surface area contributed by atoms with E-state index in [9.17, 15) is 0 Å². The maximum Gasteiger partial charge on any atom is 0.0675 e. The predicted molar refractivity (Wildman–Crippen MR) is 53.3 cm³/mol. The minimum absolute atomic E-state index is 0.289. The molecule has 0 amide bonds. The van der Waals surface area contributed by atoms with Gasteiger partial charge in [0.25, 0.3) is 0 Å². The zero-order chi connectivity index (χ0) is 9.97. The fourth-order valence-electron chi connectivity index (χ4n) is 1.50. The molecule has 3 N–H and O–H groups in total. The lowest BCUT2D eigenvalue weighted by Gasteiger charge is -2.07. The van der Waals surface area contributed by atoms with Crippen molar-refractivity contribution in [2.24, 2.45) is 5.73 Å². The average Bonchev–Trinajstić information content (AvgIpc) is 2.65. The highest BCUT2D eigenvalue weighted by Gasteiger charge is 2.10. The lowest BCUT2D eigenvalue weighted by atomic mass is 10.1. The number of H-pyrrole nitrogens is 1. The molecular formula is C10H10N4. The summed E-state index contributed by atoms with van der Waals surface area (Å²) in [6, 6.07) is 5.55. The van der Waals surface area contributed by atoms with E-state index in [1.807, 2.05) is 24.4 Å². The molecule has 2 aromatic heterocycles. The topological polar surface area (TPSA) is 78.5 Å². The standard InChI is InChI=1S/C10H10N4/c11-4-1-8(12)10-7-2-5-13-9(7)3-6-14-10/h2-3,5-6,8,13H,1,12H2/t8-/m1/s1. The highest BCUT2D eigenvalue weighted by Crippen LogP contribution is 2.21. The van der Waals surface area contributed by atoms with E-state index in [0.717, 1.165) is 16.6 Å². The summed E-state index contributed by atoms with van der Waals surface area (Å²) in [5.41, 5.74) is 7.62. The summed E-state index contributed by atoms with van der Waals surface area (Å²) < 4.78 is 0. The Hall–Kier alpha value is -1.86. The van der Waals surface area contributed by atoms with Crippen molar-refractivity contribution in [3.8, 4) is 6.07 Å². The Morgan fingerprint density at radius 1 is 1.57 bits per heavy atom. The van der Waals surface area contributed by atoms with Crippen LogP contribution in [0.3, 0.4) is 0 Å². The van der Waals surface area contributed by atoms with Gasteiger partial charge in [-0.2, -0.15) is 5.26 Å². The number of fused-ring (bicyclic) bond motifs is 1. The van der Waals surface area contributed by atoms with Gasteiger partial charge in [0.05, 0.1) is 24.2 Å². The fourth-order valence-corrected chi connectivity index (χ4v) is 1.50. The van der Waals surface area contributed by atoms with Crippen molar-refractivity contribution in [3.05, 3.63) is 30.2 Å². The smallest absolute Gasteiger partial charge is 0.0675 e. The number of nitrogens with zero attached hydrogens (tertiary/aromatic N) is 2. The summed E-state index contributed by atoms with van der Waals surface area (Å²) in [5.74, 6) is 0. The van der Waals surface area contributed by atoms with Crippen molar-refractivity contribution in [1.82, 2.24) is 9.97 Å². The molecule has 0 unspecified atom stereocenters. The number of aromatic amines is 1. The minimum atomic E-state index is -0.306. The van der Waals surface area contributed by atoms with Crippen LogP contribution in [0.5, 0.6) is 0 Å². The van der Waals surface area contributed by atoms with Crippen LogP contribution in [-0.4, -0.2) is 9.97 Å². The van der Waals surface area contributed by atoms with Gasteiger partial charge in [0.2, 0.25) is 0 Å². The monoisotopic (exact) mass is 186 g/mol. The molecule has 0 saturated heterocycles. The molecule has 2 aromatic rings. The van der Waals surface area contributed by atoms with Gasteiger partial charge in [-0.3, -0.25) is 4.98 Å². The molecule has 70 valence electrons. The molecule has 4 heteroatoms. The maximum atomic E-state index is 8.56. The van der Waals surface area contributed by atoms with Crippen LogP contribution in [0.1, 0.15) is 18.2 Å². The number of nitrogens with one attached hydrogen (secondary N) is 1. The first-order valence-electron chi connectivity index (χ1n) is 4.37. The van der Waals surface area contributed by atoms with Gasteiger partial charge in [0.15, 0.2) is 0 Å². The Morgan fingerprint density at radius 3 is 3.21 bits per heavy atom. The molecule has 0 aliphatic carbocycles. The third kappa shape index (κ3) is 1.34. The summed E-state index contributed by atoms with van der Waals surface area (Å²) in [7, 11) is 0. The minimum Gasteiger partial charge on any atom is -0.361 e. The van der Waals surface area contributed by atoms with Crippen molar-refractivity contribution in [3.63, 3.8) is 0 Å². The second kappa shape index (κ2) is 3.48. The second-order valence-electron chi connectivity index (χ2n) is 3.10. The van der Waals surface area contributed by atoms with Gasteiger partial charge in [0.1, 0.15) is 0 Å². The molecule has 4 nitrogen and oxygen atoms in total. The average molecular weight is 186 g/mol. The van der Waals surface area contributed by atoms with Gasteiger partial charge >= 0.3 is 0 Å². The maximum absolute atomic E-state index is 8.56. The Bertz CT molecular complexity index is 480. The SMILES string of the molecule is N#CC[C@@H](N)c1nccc2[nH]ccc12. The first kappa shape index (κ1) is 8.73. The third-order valence-electron chi connectivity index (χ3n) is 2.17. The molecule has 0 saturated carbocycles. The van der Waals surface area contributed by atoms with Gasteiger partial charge in [-0.1, -0.05) is 0 Å². The van der Waals surface area contributed by atoms with E-state index < -0.39 is 0 Å². The number of rotatable bonds is 2. The third-order valence-corrected chi connectivity index (χ3v) is 2.17. The Morgan fingerprint density at radius 2 is 2.43 bits per heavy atom. The highest BCUT2D eigenvalue weighted by atomic mass is 14.8. The Balaban J connectivity index is 2.51. The number of hydrogen-bond donors (Lipinski definition) is 2. The van der Waals surface area contributed by atoms with Crippen molar-refractivity contribution < 1.29 is 0 Å². The van der Waals surface area contributed by atoms with Crippen LogP contribution in [-0.2, 0) is 0 Å². The molecular weight excluding hydrogens is 176 g/mol. The van der Waals surface area contributed by atoms with Gasteiger partial charge in [-0.15, -0.1) is 0 Å². The molecule has 0 spiro atoms. The number of nitrogens with two attached hydrogens (primary N) is 1. The van der Waals surface area contributed by atoms with Gasteiger partial charge < -0.3 is 10.7 Å². The van der Waals surface area contributed by atoms with E-state index in [0.29, 0.717) is 0 Å². The lowest BCUT2D eigenvalue weighted by molar-refractivity contribution is 0.728. The van der Waals surface area contributed by atoms with Crippen molar-refractivity contribution in [1.29, 1.82) is 5.26 Å². The van der Waals surface area contributed by atoms with Gasteiger partial charge in [-0.25, -0.2) is 0 Å². The van der Waals surface area contributed by atoms with Crippen LogP contribution in [0, 0.1) is 11.3 Å². The summed E-state index contributed by atoms with van der Waals surface area (Å²) in [6.07, 6.45) is 3.83. The van der Waals surface area contributed by atoms with E-state index in [4.69, 9.17) is 11.0 Å².